The van der Waals surface area contributed by atoms with Crippen LogP contribution in [-0.4, -0.2) is 97.8 Å². The summed E-state index contributed by atoms with van der Waals surface area (Å²) in [6.07, 6.45) is 0.722. The molecule has 2 fully saturated rings. The van der Waals surface area contributed by atoms with E-state index in [1.165, 1.54) is 46.2 Å². The Bertz CT molecular complexity index is 2430. The van der Waals surface area contributed by atoms with Gasteiger partial charge in [-0.3, -0.25) is 19.3 Å². The van der Waals surface area contributed by atoms with E-state index in [9.17, 15) is 33.9 Å². The molecule has 0 radical (unpaired) electrons. The maximum atomic E-state index is 13.5. The SMILES string of the molecule is O=C(Cc1cccs1)NC1C(=O)N2C(C(=O)O)=C(C#CCOC(=O)NCC3CCCCN3C(=O)Oc3ccc(Cl)cc3-c3nc4ccc(Cl)cc4c(=O)[nH]3)CSC12. The number of carboxylic acid groups (broad SMARTS) is 1. The molecule has 3 aliphatic rings. The molecule has 3 atom stereocenters. The predicted molar refractivity (Wildman–Crippen MR) is 213 cm³/mol. The molecule has 19 heteroatoms. The lowest BCUT2D eigenvalue weighted by Gasteiger charge is -2.48. The van der Waals surface area contributed by atoms with Gasteiger partial charge in [0.1, 0.15) is 28.7 Å². The first kappa shape index (κ1) is 39.7. The molecule has 0 aliphatic carbocycles. The maximum absolute atomic E-state index is 13.5. The third-order valence-corrected chi connectivity index (χ3v) is 11.9. The third-order valence-electron chi connectivity index (χ3n) is 9.32. The number of carbonyl (C=O) groups excluding carboxylic acids is 4. The fourth-order valence-corrected chi connectivity index (χ4v) is 8.96. The molecule has 3 aliphatic heterocycles. The maximum Gasteiger partial charge on any atom is 0.415 e. The summed E-state index contributed by atoms with van der Waals surface area (Å²) in [5.41, 5.74) is 0.139. The summed E-state index contributed by atoms with van der Waals surface area (Å²) >= 11 is 15.0. The van der Waals surface area contributed by atoms with Crippen LogP contribution in [0.25, 0.3) is 22.3 Å². The molecular weight excluding hydrogens is 819 g/mol. The fourth-order valence-electron chi connectivity index (χ4n) is 6.63. The van der Waals surface area contributed by atoms with E-state index in [0.29, 0.717) is 40.3 Å². The molecule has 294 valence electrons. The summed E-state index contributed by atoms with van der Waals surface area (Å²) in [4.78, 5) is 87.3. The fraction of sp³-hybridized carbons (Fsp3) is 0.289. The van der Waals surface area contributed by atoms with Crippen LogP contribution < -0.4 is 20.9 Å². The summed E-state index contributed by atoms with van der Waals surface area (Å²) < 4.78 is 11.0. The van der Waals surface area contributed by atoms with Crippen molar-refractivity contribution in [3.63, 3.8) is 0 Å². The van der Waals surface area contributed by atoms with Crippen molar-refractivity contribution in [2.45, 2.75) is 43.1 Å². The van der Waals surface area contributed by atoms with Gasteiger partial charge in [0, 0.05) is 39.3 Å². The molecule has 0 bridgehead atoms. The van der Waals surface area contributed by atoms with Gasteiger partial charge in [-0.15, -0.1) is 23.1 Å². The molecule has 4 N–H and O–H groups in total. The molecule has 4 amide bonds. The van der Waals surface area contributed by atoms with Crippen molar-refractivity contribution in [3.05, 3.63) is 90.5 Å². The summed E-state index contributed by atoms with van der Waals surface area (Å²) in [7, 11) is 0. The number of carboxylic acids is 1. The van der Waals surface area contributed by atoms with Crippen LogP contribution in [-0.2, 0) is 25.5 Å². The number of alkyl carbamates (subject to hydrolysis) is 1. The highest BCUT2D eigenvalue weighted by molar-refractivity contribution is 8.00. The number of likely N-dealkylation sites (tertiary alicyclic amines) is 1. The number of halogens is 2. The number of piperidine rings is 1. The van der Waals surface area contributed by atoms with Crippen molar-refractivity contribution in [1.29, 1.82) is 0 Å². The van der Waals surface area contributed by atoms with E-state index < -0.39 is 47.1 Å². The van der Waals surface area contributed by atoms with Crippen molar-refractivity contribution >= 4 is 87.2 Å². The van der Waals surface area contributed by atoms with Crippen molar-refractivity contribution in [2.24, 2.45) is 0 Å². The number of aromatic nitrogens is 2. The number of aromatic amines is 1. The molecule has 7 rings (SSSR count). The summed E-state index contributed by atoms with van der Waals surface area (Å²) in [6, 6.07) is 11.6. The highest BCUT2D eigenvalue weighted by Gasteiger charge is 2.54. The van der Waals surface area contributed by atoms with Crippen molar-refractivity contribution in [2.75, 3.05) is 25.4 Å². The number of aliphatic carboxylic acids is 1. The van der Waals surface area contributed by atoms with Gasteiger partial charge >= 0.3 is 18.2 Å². The molecule has 2 aromatic carbocycles. The van der Waals surface area contributed by atoms with Crippen LogP contribution >= 0.6 is 46.3 Å². The number of ether oxygens (including phenoxy) is 2. The minimum Gasteiger partial charge on any atom is -0.477 e. The van der Waals surface area contributed by atoms with Crippen LogP contribution in [0, 0.1) is 11.8 Å². The topological polar surface area (TPSA) is 200 Å². The minimum absolute atomic E-state index is 0.0470. The number of thiophene rings is 1. The normalized spacial score (nSPS) is 18.8. The Hall–Kier alpha value is -5.54. The zero-order valence-electron chi connectivity index (χ0n) is 29.7. The minimum atomic E-state index is -1.34. The second-order valence-electron chi connectivity index (χ2n) is 13.0. The van der Waals surface area contributed by atoms with Crippen LogP contribution in [0.15, 0.2) is 70.0 Å². The third kappa shape index (κ3) is 8.89. The van der Waals surface area contributed by atoms with Gasteiger partial charge in [0.25, 0.3) is 11.5 Å². The Balaban J connectivity index is 0.938. The summed E-state index contributed by atoms with van der Waals surface area (Å²) in [6.45, 7) is 0.0346. The number of nitrogens with zero attached hydrogens (tertiary/aromatic N) is 3. The number of rotatable bonds is 9. The number of hydrogen-bond donors (Lipinski definition) is 4. The van der Waals surface area contributed by atoms with Gasteiger partial charge in [-0.25, -0.2) is 19.4 Å². The van der Waals surface area contributed by atoms with Gasteiger partial charge in [0.2, 0.25) is 5.91 Å². The number of nitrogens with one attached hydrogen (secondary N) is 3. The molecule has 15 nitrogen and oxygen atoms in total. The molecular formula is C38H32Cl2N6O9S2. The molecule has 0 spiro atoms. The van der Waals surface area contributed by atoms with Gasteiger partial charge in [-0.2, -0.15) is 0 Å². The number of H-pyrrole nitrogens is 1. The van der Waals surface area contributed by atoms with Gasteiger partial charge in [-0.05, 0) is 67.1 Å². The van der Waals surface area contributed by atoms with E-state index in [1.807, 2.05) is 17.5 Å². The predicted octanol–water partition coefficient (Wildman–Crippen LogP) is 5.02. The number of β-lactam (4-membered cyclic amide) rings is 1. The standard InChI is InChI=1S/C38H32Cl2N6O9S2/c39-21-8-10-27-25(15-21)33(48)44-32(42-27)26-16-22(40)9-11-28(26)55-38(53)45-12-2-1-6-23(45)18-41-37(52)54-13-3-5-20-19-57-35-30(34(49)46(35)31(20)36(50)51)43-29(47)17-24-7-4-14-56-24/h4,7-11,14-16,23,30,35H,1-2,6,12-13,17-19H2,(H,41,52)(H,43,47)(H,50,51)(H,42,44,48). The Morgan fingerprint density at radius 2 is 1.88 bits per heavy atom. The van der Waals surface area contributed by atoms with E-state index in [-0.39, 0.29) is 59.6 Å². The number of fused-ring (bicyclic) bond motifs is 2. The summed E-state index contributed by atoms with van der Waals surface area (Å²) in [5, 5.41) is 17.5. The van der Waals surface area contributed by atoms with Crippen molar-refractivity contribution < 1.29 is 38.6 Å². The number of thioether (sulfide) groups is 1. The molecule has 57 heavy (non-hydrogen) atoms. The van der Waals surface area contributed by atoms with Crippen LogP contribution in [0.3, 0.4) is 0 Å². The molecule has 0 saturated carbocycles. The highest BCUT2D eigenvalue weighted by atomic mass is 35.5. The van der Waals surface area contributed by atoms with Gasteiger partial charge in [0.05, 0.1) is 28.9 Å². The van der Waals surface area contributed by atoms with Crippen molar-refractivity contribution in [3.8, 4) is 29.0 Å². The lowest BCUT2D eigenvalue weighted by atomic mass is 10.0. The smallest absolute Gasteiger partial charge is 0.415 e. The zero-order chi connectivity index (χ0) is 40.2. The largest absolute Gasteiger partial charge is 0.477 e. The summed E-state index contributed by atoms with van der Waals surface area (Å²) in [5.74, 6) is 3.57. The zero-order valence-corrected chi connectivity index (χ0v) is 32.9. The quantitative estimate of drug-likeness (QED) is 0.130. The number of carbonyl (C=O) groups is 5. The average molecular weight is 852 g/mol. The molecule has 2 aromatic heterocycles. The van der Waals surface area contributed by atoms with E-state index in [4.69, 9.17) is 32.7 Å². The second-order valence-corrected chi connectivity index (χ2v) is 16.0. The van der Waals surface area contributed by atoms with Crippen LogP contribution in [0.1, 0.15) is 24.1 Å². The Morgan fingerprint density at radius 3 is 2.67 bits per heavy atom. The first-order valence-corrected chi connectivity index (χ1v) is 20.3. The first-order valence-electron chi connectivity index (χ1n) is 17.6. The van der Waals surface area contributed by atoms with E-state index >= 15 is 0 Å². The van der Waals surface area contributed by atoms with Crippen LogP contribution in [0.5, 0.6) is 5.75 Å². The lowest BCUT2D eigenvalue weighted by Crippen LogP contribution is -2.70. The monoisotopic (exact) mass is 850 g/mol. The Labute approximate surface area is 342 Å². The Kier molecular flexibility index (Phi) is 12.0. The van der Waals surface area contributed by atoms with Crippen LogP contribution in [0.4, 0.5) is 9.59 Å². The number of benzene rings is 2. The van der Waals surface area contributed by atoms with Gasteiger partial charge in [-0.1, -0.05) is 41.1 Å². The van der Waals surface area contributed by atoms with Crippen molar-refractivity contribution in [1.82, 2.24) is 30.4 Å². The molecule has 4 aromatic rings. The van der Waals surface area contributed by atoms with Crippen LogP contribution in [0.2, 0.25) is 10.0 Å². The van der Waals surface area contributed by atoms with E-state index in [1.54, 1.807) is 18.2 Å². The first-order chi connectivity index (χ1) is 27.5. The van der Waals surface area contributed by atoms with Gasteiger partial charge in [0.15, 0.2) is 6.61 Å². The number of hydrogen-bond acceptors (Lipinski definition) is 11. The number of amides is 4. The van der Waals surface area contributed by atoms with E-state index in [2.05, 4.69) is 32.4 Å². The Morgan fingerprint density at radius 1 is 1.07 bits per heavy atom. The van der Waals surface area contributed by atoms with Gasteiger partial charge < -0.3 is 35.1 Å². The second kappa shape index (κ2) is 17.3. The van der Waals surface area contributed by atoms with E-state index in [0.717, 1.165) is 16.2 Å². The average Bonchev–Trinajstić information content (AvgIpc) is 3.71. The molecule has 5 heterocycles. The lowest BCUT2D eigenvalue weighted by molar-refractivity contribution is -0.150. The molecule has 2 saturated heterocycles. The molecule has 3 unspecified atom stereocenters. The highest BCUT2D eigenvalue weighted by Crippen LogP contribution is 2.40.